The van der Waals surface area contributed by atoms with E-state index in [1.807, 2.05) is 31.2 Å². The zero-order valence-corrected chi connectivity index (χ0v) is 24.1. The van der Waals surface area contributed by atoms with Gasteiger partial charge < -0.3 is 21.3 Å². The molecule has 0 atom stereocenters. The lowest BCUT2D eigenvalue weighted by Crippen LogP contribution is -2.02. The quantitative estimate of drug-likeness (QED) is 0.0773. The van der Waals surface area contributed by atoms with Crippen LogP contribution in [0.3, 0.4) is 0 Å². The minimum Gasteiger partial charge on any atom is -0.400 e. The predicted octanol–water partition coefficient (Wildman–Crippen LogP) is 7.68. The molecule has 0 heterocycles. The first-order valence-electron chi connectivity index (χ1n) is 13.1. The average Bonchev–Trinajstić information content (AvgIpc) is 2.91. The Morgan fingerprint density at radius 2 is 1.31 bits per heavy atom. The molecule has 0 amide bonds. The van der Waals surface area contributed by atoms with Gasteiger partial charge >= 0.3 is 0 Å². The van der Waals surface area contributed by atoms with Crippen LogP contribution in [-0.4, -0.2) is 39.0 Å². The number of terminal acetylenes is 1. The van der Waals surface area contributed by atoms with E-state index in [0.717, 1.165) is 84.6 Å². The molecule has 36 heavy (non-hydrogen) atoms. The monoisotopic (exact) mass is 504 g/mol. The molecule has 4 heteroatoms. The molecule has 0 unspecified atom stereocenters. The van der Waals surface area contributed by atoms with E-state index >= 15 is 0 Å². The largest absolute Gasteiger partial charge is 0.400 e. The Bertz CT molecular complexity index is 505. The van der Waals surface area contributed by atoms with Crippen molar-refractivity contribution in [2.75, 3.05) is 33.9 Å². The van der Waals surface area contributed by atoms with Gasteiger partial charge in [0.15, 0.2) is 0 Å². The third kappa shape index (κ3) is 69.7. The Kier molecular flexibility index (Phi) is 65.8. The fraction of sp³-hybridized carbons (Fsp3) is 0.562. The summed E-state index contributed by atoms with van der Waals surface area (Å²) in [6.07, 6.45) is 32.4. The van der Waals surface area contributed by atoms with Gasteiger partial charge in [0, 0.05) is 27.2 Å². The van der Waals surface area contributed by atoms with Gasteiger partial charge in [-0.1, -0.05) is 61.1 Å². The standard InChI is InChI=1S/C12H18.C7H12O.C7H12.C5H14N2.CH4O/c1-4-6-7-8-9-10-11-12(3)5-2;1-3-4-5-6-7-8-2;1-3-5-7-6-4-2;6-4-2-1-3-5-7;1-2/h4-5,9-11H,1-2,6-8H2,3H3;1H,4-7H2,2H3;3-4H,1-2,5-7H2;1-7H2;2H,1H3/b10-9-,12-11-;;;;. The lowest BCUT2D eigenvalue weighted by molar-refractivity contribution is 0.193. The summed E-state index contributed by atoms with van der Waals surface area (Å²) in [5, 5.41) is 7.00. The summed E-state index contributed by atoms with van der Waals surface area (Å²) < 4.78 is 4.82. The Labute approximate surface area is 226 Å². The summed E-state index contributed by atoms with van der Waals surface area (Å²) in [6, 6.07) is 0. The second-order valence-electron chi connectivity index (χ2n) is 7.56. The molecule has 5 N–H and O–H groups in total. The molecule has 0 aliphatic heterocycles. The minimum atomic E-state index is 0.806. The summed E-state index contributed by atoms with van der Waals surface area (Å²) in [6.45, 7) is 19.0. The van der Waals surface area contributed by atoms with Crippen molar-refractivity contribution in [3.8, 4) is 12.3 Å². The highest BCUT2D eigenvalue weighted by Crippen LogP contribution is 1.99. The lowest BCUT2D eigenvalue weighted by atomic mass is 10.2. The molecule has 0 radical (unpaired) electrons. The maximum Gasteiger partial charge on any atom is 0.0462 e. The Morgan fingerprint density at radius 1 is 0.806 bits per heavy atom. The van der Waals surface area contributed by atoms with E-state index in [0.29, 0.717) is 0 Å². The van der Waals surface area contributed by atoms with E-state index in [4.69, 9.17) is 27.7 Å². The van der Waals surface area contributed by atoms with Crippen LogP contribution >= 0.6 is 0 Å². The molecule has 0 spiro atoms. The average molecular weight is 505 g/mol. The topological polar surface area (TPSA) is 81.5 Å². The fourth-order valence-electron chi connectivity index (χ4n) is 2.11. The van der Waals surface area contributed by atoms with Gasteiger partial charge in [-0.2, -0.15) is 0 Å². The number of ether oxygens (including phenoxy) is 1. The molecule has 0 bridgehead atoms. The van der Waals surface area contributed by atoms with Gasteiger partial charge in [0.1, 0.15) is 0 Å². The van der Waals surface area contributed by atoms with Crippen molar-refractivity contribution in [2.45, 2.75) is 84.0 Å². The smallest absolute Gasteiger partial charge is 0.0462 e. The van der Waals surface area contributed by atoms with Crippen LogP contribution in [0.25, 0.3) is 0 Å². The number of aliphatic hydroxyl groups is 1. The number of methoxy groups -OCH3 is 1. The Hall–Kier alpha value is -2.16. The van der Waals surface area contributed by atoms with Crippen LogP contribution in [0.5, 0.6) is 0 Å². The summed E-state index contributed by atoms with van der Waals surface area (Å²) in [5.41, 5.74) is 11.7. The van der Waals surface area contributed by atoms with E-state index in [1.165, 1.54) is 24.8 Å². The highest BCUT2D eigenvalue weighted by atomic mass is 16.5. The maximum absolute atomic E-state index is 7.00. The first kappa shape index (κ1) is 43.9. The molecule has 0 saturated carbocycles. The summed E-state index contributed by atoms with van der Waals surface area (Å²) >= 11 is 0. The molecule has 0 rings (SSSR count). The molecule has 0 aromatic heterocycles. The summed E-state index contributed by atoms with van der Waals surface area (Å²) in [5.74, 6) is 2.57. The van der Waals surface area contributed by atoms with Crippen molar-refractivity contribution >= 4 is 0 Å². The van der Waals surface area contributed by atoms with Crippen molar-refractivity contribution < 1.29 is 9.84 Å². The number of nitrogens with two attached hydrogens (primary N) is 2. The van der Waals surface area contributed by atoms with Crippen LogP contribution in [0.1, 0.15) is 84.0 Å². The van der Waals surface area contributed by atoms with Crippen LogP contribution in [0, 0.1) is 12.3 Å². The molecule has 210 valence electrons. The van der Waals surface area contributed by atoms with Gasteiger partial charge in [-0.25, -0.2) is 0 Å². The third-order valence-corrected chi connectivity index (χ3v) is 4.24. The fourth-order valence-corrected chi connectivity index (χ4v) is 2.11. The van der Waals surface area contributed by atoms with Crippen molar-refractivity contribution in [3.05, 3.63) is 74.4 Å². The normalized spacial score (nSPS) is 9.42. The van der Waals surface area contributed by atoms with E-state index < -0.39 is 0 Å². The number of aliphatic hydroxyl groups excluding tert-OH is 1. The predicted molar refractivity (Wildman–Crippen MR) is 166 cm³/mol. The molecule has 0 saturated heterocycles. The molecular weight excluding hydrogens is 444 g/mol. The van der Waals surface area contributed by atoms with Crippen LogP contribution in [0.4, 0.5) is 0 Å². The van der Waals surface area contributed by atoms with Crippen molar-refractivity contribution in [1.82, 2.24) is 0 Å². The number of hydrogen-bond acceptors (Lipinski definition) is 4. The molecule has 4 nitrogen and oxygen atoms in total. The van der Waals surface area contributed by atoms with Gasteiger partial charge in [0.05, 0.1) is 0 Å². The number of unbranched alkanes of at least 4 members (excludes halogenated alkanes) is 8. The molecule has 0 aromatic rings. The summed E-state index contributed by atoms with van der Waals surface area (Å²) in [4.78, 5) is 0. The molecule has 0 fully saturated rings. The number of hydrogen-bond donors (Lipinski definition) is 3. The lowest BCUT2D eigenvalue weighted by Gasteiger charge is -1.92. The zero-order valence-electron chi connectivity index (χ0n) is 24.1. The SMILES string of the molecule is C#CCCCCOC.C=CCCC/C=C\C=C(\C)C=C.C=CCCCC=C.CO.NCCCCCN. The Balaban J connectivity index is -0.000000119. The van der Waals surface area contributed by atoms with Crippen LogP contribution < -0.4 is 11.5 Å². The molecule has 0 aliphatic rings. The molecule has 0 aliphatic carbocycles. The van der Waals surface area contributed by atoms with Crippen molar-refractivity contribution in [1.29, 1.82) is 0 Å². The zero-order chi connectivity index (χ0) is 28.5. The van der Waals surface area contributed by atoms with Crippen LogP contribution in [-0.2, 0) is 4.74 Å². The molecular formula is C32H60N2O2. The van der Waals surface area contributed by atoms with Crippen LogP contribution in [0.15, 0.2) is 74.4 Å². The second kappa shape index (κ2) is 54.0. The van der Waals surface area contributed by atoms with E-state index in [-0.39, 0.29) is 0 Å². The van der Waals surface area contributed by atoms with Gasteiger partial charge in [-0.15, -0.1) is 32.1 Å². The number of rotatable bonds is 18. The van der Waals surface area contributed by atoms with Crippen molar-refractivity contribution in [3.63, 3.8) is 0 Å². The first-order valence-corrected chi connectivity index (χ1v) is 13.1. The van der Waals surface area contributed by atoms with Gasteiger partial charge in [-0.3, -0.25) is 0 Å². The van der Waals surface area contributed by atoms with Gasteiger partial charge in [0.2, 0.25) is 0 Å². The summed E-state index contributed by atoms with van der Waals surface area (Å²) in [7, 11) is 2.70. The van der Waals surface area contributed by atoms with Crippen molar-refractivity contribution in [2.24, 2.45) is 11.5 Å². The van der Waals surface area contributed by atoms with E-state index in [9.17, 15) is 0 Å². The first-order chi connectivity index (χ1) is 17.6. The van der Waals surface area contributed by atoms with E-state index in [2.05, 4.69) is 50.5 Å². The highest BCUT2D eigenvalue weighted by Gasteiger charge is 1.82. The third-order valence-electron chi connectivity index (χ3n) is 4.24. The highest BCUT2D eigenvalue weighted by molar-refractivity contribution is 5.19. The van der Waals surface area contributed by atoms with Gasteiger partial charge in [0.25, 0.3) is 0 Å². The van der Waals surface area contributed by atoms with Gasteiger partial charge in [-0.05, 0) is 84.2 Å². The second-order valence-corrected chi connectivity index (χ2v) is 7.56. The molecule has 0 aromatic carbocycles. The minimum absolute atomic E-state index is 0.806. The van der Waals surface area contributed by atoms with Crippen LogP contribution in [0.2, 0.25) is 0 Å². The maximum atomic E-state index is 7.00. The van der Waals surface area contributed by atoms with E-state index in [1.54, 1.807) is 7.11 Å². The Morgan fingerprint density at radius 3 is 1.69 bits per heavy atom. The number of allylic oxidation sites excluding steroid dienone is 8.